The predicted molar refractivity (Wildman–Crippen MR) is 88.2 cm³/mol. The molecule has 96 valence electrons. The Labute approximate surface area is 134 Å². The van der Waals surface area contributed by atoms with Crippen LogP contribution >= 0.6 is 0 Å². The summed E-state index contributed by atoms with van der Waals surface area (Å²) in [5, 5.41) is 5.43. The second kappa shape index (κ2) is 5.70. The van der Waals surface area contributed by atoms with Gasteiger partial charge < -0.3 is 0 Å². The first kappa shape index (κ1) is 15.3. The molecule has 0 radical (unpaired) electrons. The van der Waals surface area contributed by atoms with Crippen LogP contribution in [0.3, 0.4) is 0 Å². The summed E-state index contributed by atoms with van der Waals surface area (Å²) >= 11 is 0. The van der Waals surface area contributed by atoms with Gasteiger partial charge in [-0.2, -0.15) is 11.6 Å². The van der Waals surface area contributed by atoms with Crippen LogP contribution in [0, 0.1) is 6.04 Å². The topological polar surface area (TPSA) is 0 Å². The first-order chi connectivity index (χ1) is 9.04. The van der Waals surface area contributed by atoms with Crippen LogP contribution in [0.15, 0.2) is 54.6 Å². The van der Waals surface area contributed by atoms with Crippen molar-refractivity contribution in [3.8, 4) is 0 Å². The van der Waals surface area contributed by atoms with E-state index in [1.165, 1.54) is 27.1 Å². The predicted octanol–water partition coefficient (Wildman–Crippen LogP) is 2.43. The van der Waals surface area contributed by atoms with Gasteiger partial charge in [0.2, 0.25) is 0 Å². The molecule has 0 unspecified atom stereocenters. The zero-order valence-electron chi connectivity index (χ0n) is 12.8. The Bertz CT molecular complexity index is 687. The fraction of sp³-hybridized carbons (Fsp3) is 0.167. The molecule has 0 bridgehead atoms. The maximum absolute atomic E-state index is 2.53. The second-order valence-corrected chi connectivity index (χ2v) is 11.3. The first-order valence-corrected chi connectivity index (χ1v) is 10.4. The molecule has 3 aromatic carbocycles. The van der Waals surface area contributed by atoms with Gasteiger partial charge in [0.25, 0.3) is 0 Å². The molecule has 0 aliphatic carbocycles. The quantitative estimate of drug-likeness (QED) is 0.381. The second-order valence-electron chi connectivity index (χ2n) is 6.24. The third kappa shape index (κ3) is 2.96. The van der Waals surface area contributed by atoms with Crippen molar-refractivity contribution < 1.29 is 18.9 Å². The summed E-state index contributed by atoms with van der Waals surface area (Å²) in [6, 6.07) is 22.3. The summed E-state index contributed by atoms with van der Waals surface area (Å²) in [6.07, 6.45) is 0. The third-order valence-corrected chi connectivity index (χ3v) is 4.54. The fourth-order valence-electron chi connectivity index (χ4n) is 2.64. The smallest absolute Gasteiger partial charge is 0.186 e. The minimum absolute atomic E-state index is 0. The summed E-state index contributed by atoms with van der Waals surface area (Å²) in [5.74, 6) is 0. The van der Waals surface area contributed by atoms with E-state index in [0.29, 0.717) is 0 Å². The van der Waals surface area contributed by atoms with Crippen molar-refractivity contribution in [2.75, 3.05) is 0 Å². The van der Waals surface area contributed by atoms with E-state index in [1.807, 2.05) is 0 Å². The normalized spacial score (nSPS) is 11.3. The van der Waals surface area contributed by atoms with Crippen LogP contribution in [0.4, 0.5) is 0 Å². The van der Waals surface area contributed by atoms with E-state index in [4.69, 9.17) is 0 Å². The van der Waals surface area contributed by atoms with Crippen LogP contribution in [-0.2, 0) is 0 Å². The number of hydrogen-bond acceptors (Lipinski definition) is 0. The average Bonchev–Trinajstić information content (AvgIpc) is 2.37. The van der Waals surface area contributed by atoms with Crippen molar-refractivity contribution in [2.24, 2.45) is 0 Å². The van der Waals surface area contributed by atoms with Crippen LogP contribution in [0.1, 0.15) is 5.56 Å². The van der Waals surface area contributed by atoms with E-state index < -0.39 is 8.07 Å². The standard InChI is InChI=1S/C18H19Si.Li/c1-19(2,3)13-18-16-10-6-4-8-14(16)12-15-9-5-7-11-17(15)18;/h4-13H,1-3H3;/q-1;+1. The molecule has 0 N–H and O–H groups in total. The van der Waals surface area contributed by atoms with Crippen molar-refractivity contribution in [2.45, 2.75) is 19.6 Å². The van der Waals surface area contributed by atoms with E-state index in [9.17, 15) is 0 Å². The first-order valence-electron chi connectivity index (χ1n) is 6.81. The van der Waals surface area contributed by atoms with Crippen LogP contribution in [-0.4, -0.2) is 8.07 Å². The van der Waals surface area contributed by atoms with Crippen molar-refractivity contribution in [3.63, 3.8) is 0 Å². The SMILES string of the molecule is C[Si](C)(C)[CH-]c1c2ccccc2cc2ccccc12.[Li+]. The van der Waals surface area contributed by atoms with Gasteiger partial charge in [0.1, 0.15) is 0 Å². The van der Waals surface area contributed by atoms with Crippen molar-refractivity contribution in [3.05, 3.63) is 66.2 Å². The molecular formula is C18H19LiSi. The van der Waals surface area contributed by atoms with E-state index in [1.54, 1.807) is 0 Å². The molecular weight excluding hydrogens is 251 g/mol. The van der Waals surface area contributed by atoms with Crippen LogP contribution in [0.2, 0.25) is 19.6 Å². The Balaban J connectivity index is 0.00000147. The molecule has 0 saturated heterocycles. The minimum Gasteiger partial charge on any atom is -0.186 e. The summed E-state index contributed by atoms with van der Waals surface area (Å²) in [6.45, 7) is 7.18. The zero-order valence-corrected chi connectivity index (χ0v) is 13.8. The zero-order chi connectivity index (χ0) is 13.5. The number of rotatable bonds is 2. The molecule has 0 nitrogen and oxygen atoms in total. The Hall–Kier alpha value is -1.14. The van der Waals surface area contributed by atoms with Crippen molar-refractivity contribution in [1.29, 1.82) is 0 Å². The van der Waals surface area contributed by atoms with E-state index in [0.717, 1.165) is 0 Å². The summed E-state index contributed by atoms with van der Waals surface area (Å²) in [4.78, 5) is 0. The maximum Gasteiger partial charge on any atom is 1.00 e. The van der Waals surface area contributed by atoms with E-state index >= 15 is 0 Å². The van der Waals surface area contributed by atoms with Crippen LogP contribution < -0.4 is 18.9 Å². The molecule has 3 aromatic rings. The van der Waals surface area contributed by atoms with Gasteiger partial charge in [-0.25, -0.2) is 0 Å². The Morgan fingerprint density at radius 1 is 0.750 bits per heavy atom. The maximum atomic E-state index is 2.53. The van der Waals surface area contributed by atoms with E-state index in [2.05, 4.69) is 80.3 Å². The summed E-state index contributed by atoms with van der Waals surface area (Å²) in [7, 11) is -1.26. The molecule has 0 aliphatic heterocycles. The van der Waals surface area contributed by atoms with Crippen molar-refractivity contribution in [1.82, 2.24) is 0 Å². The molecule has 0 saturated carbocycles. The Morgan fingerprint density at radius 2 is 1.20 bits per heavy atom. The largest absolute Gasteiger partial charge is 1.00 e. The van der Waals surface area contributed by atoms with Gasteiger partial charge in [0.15, 0.2) is 0 Å². The fourth-order valence-corrected chi connectivity index (χ4v) is 3.81. The molecule has 3 rings (SSSR count). The van der Waals surface area contributed by atoms with Gasteiger partial charge in [0, 0.05) is 8.07 Å². The Kier molecular flexibility index (Phi) is 4.35. The van der Waals surface area contributed by atoms with Gasteiger partial charge in [-0.15, -0.1) is 22.9 Å². The molecule has 0 fully saturated rings. The van der Waals surface area contributed by atoms with Gasteiger partial charge in [-0.3, -0.25) is 0 Å². The van der Waals surface area contributed by atoms with Gasteiger partial charge in [-0.05, 0) is 0 Å². The molecule has 0 aromatic heterocycles. The minimum atomic E-state index is -1.26. The van der Waals surface area contributed by atoms with Crippen molar-refractivity contribution >= 4 is 29.6 Å². The molecule has 0 amide bonds. The molecule has 0 atom stereocenters. The summed E-state index contributed by atoms with van der Waals surface area (Å²) < 4.78 is 0. The average molecular weight is 270 g/mol. The van der Waals surface area contributed by atoms with Gasteiger partial charge in [0.05, 0.1) is 0 Å². The van der Waals surface area contributed by atoms with Crippen LogP contribution in [0.25, 0.3) is 21.5 Å². The monoisotopic (exact) mass is 270 g/mol. The van der Waals surface area contributed by atoms with Gasteiger partial charge in [-0.1, -0.05) is 72.9 Å². The molecule has 20 heavy (non-hydrogen) atoms. The number of benzene rings is 3. The summed E-state index contributed by atoms with van der Waals surface area (Å²) in [5.41, 5.74) is 1.42. The Morgan fingerprint density at radius 3 is 1.65 bits per heavy atom. The van der Waals surface area contributed by atoms with E-state index in [-0.39, 0.29) is 18.9 Å². The number of hydrogen-bond donors (Lipinski definition) is 0. The molecule has 0 heterocycles. The third-order valence-electron chi connectivity index (χ3n) is 3.39. The molecule has 0 spiro atoms. The number of fused-ring (bicyclic) bond motifs is 2. The molecule has 0 aliphatic rings. The molecule has 2 heteroatoms. The van der Waals surface area contributed by atoms with Gasteiger partial charge >= 0.3 is 18.9 Å². The van der Waals surface area contributed by atoms with Crippen LogP contribution in [0.5, 0.6) is 0 Å².